The molecule has 0 aromatic carbocycles. The number of hydrogen-bond acceptors (Lipinski definition) is 2. The average Bonchev–Trinajstić information content (AvgIpc) is 2.24. The Balaban J connectivity index is 2.50. The van der Waals surface area contributed by atoms with E-state index in [1.807, 2.05) is 6.20 Å². The van der Waals surface area contributed by atoms with Gasteiger partial charge in [0.2, 0.25) is 0 Å². The summed E-state index contributed by atoms with van der Waals surface area (Å²) in [5, 5.41) is 8.61. The molecule has 2 heteroatoms. The van der Waals surface area contributed by atoms with Crippen LogP contribution in [0.25, 0.3) is 0 Å². The minimum absolute atomic E-state index is 0.239. The smallest absolute Gasteiger partial charge is 0.0702 e. The van der Waals surface area contributed by atoms with Gasteiger partial charge in [-0.15, -0.1) is 0 Å². The predicted molar refractivity (Wildman–Crippen MR) is 75.5 cm³/mol. The standard InChI is InChI=1S/C16H26N2/c1-15(2,3)12-8-7-11-9-10-17-18-14(11)13(12)16(4,5)6/h9-10,12-13H,7-8H2,1-6H3. The van der Waals surface area contributed by atoms with Crippen LogP contribution >= 0.6 is 0 Å². The van der Waals surface area contributed by atoms with Crippen LogP contribution in [0, 0.1) is 16.7 Å². The van der Waals surface area contributed by atoms with Crippen LogP contribution in [0.4, 0.5) is 0 Å². The van der Waals surface area contributed by atoms with Crippen molar-refractivity contribution in [1.29, 1.82) is 0 Å². The molecule has 18 heavy (non-hydrogen) atoms. The first-order valence-corrected chi connectivity index (χ1v) is 7.01. The van der Waals surface area contributed by atoms with Crippen molar-refractivity contribution in [3.63, 3.8) is 0 Å². The lowest BCUT2D eigenvalue weighted by atomic mass is 9.58. The van der Waals surface area contributed by atoms with Gasteiger partial charge in [-0.25, -0.2) is 0 Å². The Hall–Kier alpha value is -0.920. The van der Waals surface area contributed by atoms with Crippen molar-refractivity contribution < 1.29 is 0 Å². The van der Waals surface area contributed by atoms with Crippen molar-refractivity contribution in [2.45, 2.75) is 60.3 Å². The molecule has 0 N–H and O–H groups in total. The van der Waals surface area contributed by atoms with Gasteiger partial charge < -0.3 is 0 Å². The maximum Gasteiger partial charge on any atom is 0.0702 e. The molecule has 1 aliphatic carbocycles. The van der Waals surface area contributed by atoms with E-state index in [0.717, 1.165) is 6.42 Å². The van der Waals surface area contributed by atoms with Crippen molar-refractivity contribution in [3.8, 4) is 0 Å². The Labute approximate surface area is 111 Å². The van der Waals surface area contributed by atoms with Crippen LogP contribution in [-0.4, -0.2) is 10.2 Å². The van der Waals surface area contributed by atoms with Gasteiger partial charge in [0, 0.05) is 12.1 Å². The molecular formula is C16H26N2. The Bertz CT molecular complexity index is 423. The fourth-order valence-electron chi connectivity index (χ4n) is 3.46. The fraction of sp³-hybridized carbons (Fsp3) is 0.750. The molecule has 2 nitrogen and oxygen atoms in total. The highest BCUT2D eigenvalue weighted by molar-refractivity contribution is 5.27. The van der Waals surface area contributed by atoms with E-state index >= 15 is 0 Å². The van der Waals surface area contributed by atoms with Crippen LogP contribution < -0.4 is 0 Å². The summed E-state index contributed by atoms with van der Waals surface area (Å²) in [7, 11) is 0. The second kappa shape index (κ2) is 4.32. The summed E-state index contributed by atoms with van der Waals surface area (Å²) in [4.78, 5) is 0. The molecule has 1 aliphatic rings. The minimum atomic E-state index is 0.239. The first-order chi connectivity index (χ1) is 8.21. The molecule has 2 atom stereocenters. The summed E-state index contributed by atoms with van der Waals surface area (Å²) >= 11 is 0. The average molecular weight is 246 g/mol. The van der Waals surface area contributed by atoms with E-state index in [2.05, 4.69) is 57.8 Å². The number of aromatic nitrogens is 2. The summed E-state index contributed by atoms with van der Waals surface area (Å²) in [6.07, 6.45) is 4.25. The lowest BCUT2D eigenvalue weighted by Crippen LogP contribution is -2.38. The van der Waals surface area contributed by atoms with Gasteiger partial charge in [0.25, 0.3) is 0 Å². The zero-order valence-corrected chi connectivity index (χ0v) is 12.6. The van der Waals surface area contributed by atoms with Crippen molar-refractivity contribution in [2.24, 2.45) is 16.7 Å². The normalized spacial score (nSPS) is 24.8. The Morgan fingerprint density at radius 2 is 1.72 bits per heavy atom. The largest absolute Gasteiger partial charge is 0.159 e. The third-order valence-corrected chi connectivity index (χ3v) is 4.30. The molecule has 100 valence electrons. The predicted octanol–water partition coefficient (Wildman–Crippen LogP) is 4.21. The fourth-order valence-corrected chi connectivity index (χ4v) is 3.46. The summed E-state index contributed by atoms with van der Waals surface area (Å²) in [5.74, 6) is 1.19. The van der Waals surface area contributed by atoms with E-state index in [4.69, 9.17) is 0 Å². The molecule has 0 fully saturated rings. The lowest BCUT2D eigenvalue weighted by molar-refractivity contribution is 0.105. The van der Waals surface area contributed by atoms with Gasteiger partial charge in [-0.2, -0.15) is 10.2 Å². The number of nitrogens with zero attached hydrogens (tertiary/aromatic N) is 2. The molecule has 2 rings (SSSR count). The molecule has 0 amide bonds. The molecule has 0 aliphatic heterocycles. The monoisotopic (exact) mass is 246 g/mol. The van der Waals surface area contributed by atoms with E-state index < -0.39 is 0 Å². The van der Waals surface area contributed by atoms with Gasteiger partial charge in [0.15, 0.2) is 0 Å². The Morgan fingerprint density at radius 3 is 2.28 bits per heavy atom. The van der Waals surface area contributed by atoms with Gasteiger partial charge in [-0.3, -0.25) is 0 Å². The molecule has 0 spiro atoms. The van der Waals surface area contributed by atoms with Crippen LogP contribution in [0.2, 0.25) is 0 Å². The molecule has 2 unspecified atom stereocenters. The van der Waals surface area contributed by atoms with Crippen LogP contribution in [0.3, 0.4) is 0 Å². The first-order valence-electron chi connectivity index (χ1n) is 7.01. The zero-order chi connectivity index (χ0) is 13.6. The molecule has 0 saturated heterocycles. The van der Waals surface area contributed by atoms with Gasteiger partial charge in [0.1, 0.15) is 0 Å². The zero-order valence-electron chi connectivity index (χ0n) is 12.6. The molecule has 0 bridgehead atoms. The van der Waals surface area contributed by atoms with E-state index in [-0.39, 0.29) is 5.41 Å². The minimum Gasteiger partial charge on any atom is -0.159 e. The van der Waals surface area contributed by atoms with Gasteiger partial charge in [-0.05, 0) is 41.2 Å². The van der Waals surface area contributed by atoms with Gasteiger partial charge >= 0.3 is 0 Å². The highest BCUT2D eigenvalue weighted by Gasteiger charge is 2.43. The van der Waals surface area contributed by atoms with E-state index in [9.17, 15) is 0 Å². The molecule has 0 saturated carbocycles. The van der Waals surface area contributed by atoms with Gasteiger partial charge in [-0.1, -0.05) is 41.5 Å². The number of hydrogen-bond donors (Lipinski definition) is 0. The number of aryl methyl sites for hydroxylation is 1. The van der Waals surface area contributed by atoms with Crippen molar-refractivity contribution in [1.82, 2.24) is 10.2 Å². The molecule has 1 heterocycles. The maximum absolute atomic E-state index is 4.48. The highest BCUT2D eigenvalue weighted by atomic mass is 15.1. The maximum atomic E-state index is 4.48. The van der Waals surface area contributed by atoms with Crippen LogP contribution in [-0.2, 0) is 6.42 Å². The summed E-state index contributed by atoms with van der Waals surface area (Å²) in [6, 6.07) is 2.15. The lowest BCUT2D eigenvalue weighted by Gasteiger charge is -2.46. The topological polar surface area (TPSA) is 25.8 Å². The molecule has 1 aromatic rings. The molecule has 1 aromatic heterocycles. The van der Waals surface area contributed by atoms with Crippen molar-refractivity contribution in [2.75, 3.05) is 0 Å². The van der Waals surface area contributed by atoms with E-state index in [1.54, 1.807) is 0 Å². The number of rotatable bonds is 0. The quantitative estimate of drug-likeness (QED) is 0.685. The number of fused-ring (bicyclic) bond motifs is 1. The molecule has 0 radical (unpaired) electrons. The summed E-state index contributed by atoms with van der Waals surface area (Å²) < 4.78 is 0. The Morgan fingerprint density at radius 1 is 1.06 bits per heavy atom. The SMILES string of the molecule is CC(C)(C)C1CCc2ccnnc2C1C(C)(C)C. The first kappa shape index (κ1) is 13.5. The molecular weight excluding hydrogens is 220 g/mol. The van der Waals surface area contributed by atoms with Gasteiger partial charge in [0.05, 0.1) is 5.69 Å². The Kier molecular flexibility index (Phi) is 3.25. The summed E-state index contributed by atoms with van der Waals surface area (Å²) in [6.45, 7) is 14.1. The van der Waals surface area contributed by atoms with Crippen molar-refractivity contribution in [3.05, 3.63) is 23.5 Å². The third kappa shape index (κ3) is 2.43. The van der Waals surface area contributed by atoms with E-state index in [0.29, 0.717) is 17.3 Å². The second-order valence-electron chi connectivity index (χ2n) is 7.80. The van der Waals surface area contributed by atoms with Crippen LogP contribution in [0.5, 0.6) is 0 Å². The summed E-state index contributed by atoms with van der Waals surface area (Å²) in [5.41, 5.74) is 3.22. The second-order valence-corrected chi connectivity index (χ2v) is 7.80. The van der Waals surface area contributed by atoms with Crippen LogP contribution in [0.1, 0.15) is 65.1 Å². The third-order valence-electron chi connectivity index (χ3n) is 4.30. The van der Waals surface area contributed by atoms with Crippen molar-refractivity contribution >= 4 is 0 Å². The highest BCUT2D eigenvalue weighted by Crippen LogP contribution is 2.51. The van der Waals surface area contributed by atoms with Crippen LogP contribution in [0.15, 0.2) is 12.3 Å². The van der Waals surface area contributed by atoms with E-state index in [1.165, 1.54) is 17.7 Å².